The maximum Gasteiger partial charge on any atom is 0.226 e. The van der Waals surface area contributed by atoms with Gasteiger partial charge >= 0.3 is 0 Å². The van der Waals surface area contributed by atoms with Crippen LogP contribution in [0, 0.1) is 0 Å². The van der Waals surface area contributed by atoms with Gasteiger partial charge in [0.05, 0.1) is 37.1 Å². The molecule has 1 aliphatic rings. The van der Waals surface area contributed by atoms with Gasteiger partial charge in [0.2, 0.25) is 5.91 Å². The minimum absolute atomic E-state index is 0.0208. The van der Waals surface area contributed by atoms with Crippen molar-refractivity contribution in [3.05, 3.63) is 42.7 Å². The van der Waals surface area contributed by atoms with Gasteiger partial charge in [0, 0.05) is 51.2 Å². The van der Waals surface area contributed by atoms with Crippen LogP contribution in [0.5, 0.6) is 0 Å². The van der Waals surface area contributed by atoms with E-state index in [9.17, 15) is 4.79 Å². The van der Waals surface area contributed by atoms with Crippen molar-refractivity contribution in [1.82, 2.24) is 24.0 Å². The molecule has 1 aliphatic heterocycles. The Morgan fingerprint density at radius 2 is 2.15 bits per heavy atom. The van der Waals surface area contributed by atoms with Crippen LogP contribution in [0.15, 0.2) is 36.9 Å². The number of carbonyl (C=O) groups excluding carboxylic acids is 1. The minimum atomic E-state index is -0.0208. The van der Waals surface area contributed by atoms with Gasteiger partial charge < -0.3 is 19.2 Å². The molecule has 0 saturated carbocycles. The molecule has 3 heterocycles. The van der Waals surface area contributed by atoms with Crippen LogP contribution < -0.4 is 5.32 Å². The molecule has 1 amide bonds. The smallest absolute Gasteiger partial charge is 0.226 e. The second-order valence-corrected chi connectivity index (χ2v) is 6.78. The van der Waals surface area contributed by atoms with E-state index in [2.05, 4.69) is 19.8 Å². The number of benzene rings is 1. The monoisotopic (exact) mass is 368 g/mol. The van der Waals surface area contributed by atoms with Crippen LogP contribution in [0.2, 0.25) is 0 Å². The van der Waals surface area contributed by atoms with Gasteiger partial charge in [0.15, 0.2) is 0 Å². The number of imidazole rings is 2. The number of nitrogens with one attached hydrogen (secondary N) is 1. The predicted molar refractivity (Wildman–Crippen MR) is 102 cm³/mol. The van der Waals surface area contributed by atoms with E-state index < -0.39 is 0 Å². The Balaban J connectivity index is 1.42. The second-order valence-electron chi connectivity index (χ2n) is 6.78. The summed E-state index contributed by atoms with van der Waals surface area (Å²) in [6.07, 6.45) is 5.67. The van der Waals surface area contributed by atoms with E-state index in [0.29, 0.717) is 13.0 Å². The highest BCUT2D eigenvalue weighted by Crippen LogP contribution is 2.21. The number of nitrogens with zero attached hydrogens (tertiary/aromatic N) is 5. The lowest BCUT2D eigenvalue weighted by atomic mass is 10.2. The summed E-state index contributed by atoms with van der Waals surface area (Å²) in [6.45, 7) is 4.84. The number of hydrogen-bond acceptors (Lipinski definition) is 5. The van der Waals surface area contributed by atoms with Crippen molar-refractivity contribution in [2.24, 2.45) is 7.05 Å². The fraction of sp³-hybridized carbons (Fsp3) is 0.421. The summed E-state index contributed by atoms with van der Waals surface area (Å²) >= 11 is 0. The van der Waals surface area contributed by atoms with Gasteiger partial charge in [-0.1, -0.05) is 0 Å². The topological polar surface area (TPSA) is 77.2 Å². The molecule has 1 N–H and O–H groups in total. The number of amides is 1. The molecular formula is C19H24N6O2. The van der Waals surface area contributed by atoms with Crippen molar-refractivity contribution in [3.8, 4) is 0 Å². The van der Waals surface area contributed by atoms with E-state index in [1.54, 1.807) is 12.5 Å². The van der Waals surface area contributed by atoms with Gasteiger partial charge in [-0.15, -0.1) is 0 Å². The number of hydrogen-bond donors (Lipinski definition) is 1. The van der Waals surface area contributed by atoms with Crippen molar-refractivity contribution >= 4 is 22.6 Å². The zero-order chi connectivity index (χ0) is 18.6. The normalized spacial score (nSPS) is 15.3. The summed E-state index contributed by atoms with van der Waals surface area (Å²) in [5.74, 6) is 1.00. The van der Waals surface area contributed by atoms with Crippen molar-refractivity contribution < 1.29 is 9.53 Å². The SMILES string of the molecule is Cn1c(CN2CCOCC2)nc2cc(NC(=O)CCn3ccnc3)ccc21. The van der Waals surface area contributed by atoms with Crippen LogP contribution in [0.4, 0.5) is 5.69 Å². The molecule has 0 bridgehead atoms. The van der Waals surface area contributed by atoms with Crippen LogP contribution in [0.3, 0.4) is 0 Å². The Morgan fingerprint density at radius 1 is 1.30 bits per heavy atom. The molecular weight excluding hydrogens is 344 g/mol. The molecule has 1 fully saturated rings. The lowest BCUT2D eigenvalue weighted by molar-refractivity contribution is -0.116. The zero-order valence-corrected chi connectivity index (χ0v) is 15.5. The fourth-order valence-electron chi connectivity index (χ4n) is 3.30. The molecule has 8 heteroatoms. The average molecular weight is 368 g/mol. The van der Waals surface area contributed by atoms with E-state index in [1.807, 2.05) is 36.0 Å². The summed E-state index contributed by atoms with van der Waals surface area (Å²) in [5.41, 5.74) is 2.73. The first-order valence-corrected chi connectivity index (χ1v) is 9.20. The van der Waals surface area contributed by atoms with Crippen LogP contribution in [0.25, 0.3) is 11.0 Å². The number of carbonyl (C=O) groups is 1. The average Bonchev–Trinajstić information content (AvgIpc) is 3.30. The predicted octanol–water partition coefficient (Wildman–Crippen LogP) is 1.63. The van der Waals surface area contributed by atoms with E-state index in [4.69, 9.17) is 9.72 Å². The molecule has 2 aromatic heterocycles. The fourth-order valence-corrected chi connectivity index (χ4v) is 3.30. The summed E-state index contributed by atoms with van der Waals surface area (Å²) < 4.78 is 9.42. The Bertz CT molecular complexity index is 912. The van der Waals surface area contributed by atoms with Gasteiger partial charge in [0.1, 0.15) is 5.82 Å². The molecule has 27 heavy (non-hydrogen) atoms. The third-order valence-electron chi connectivity index (χ3n) is 4.88. The highest BCUT2D eigenvalue weighted by atomic mass is 16.5. The maximum absolute atomic E-state index is 12.2. The molecule has 1 aromatic carbocycles. The third-order valence-corrected chi connectivity index (χ3v) is 4.88. The molecule has 0 atom stereocenters. The number of anilines is 1. The molecule has 3 aromatic rings. The molecule has 0 aliphatic carbocycles. The molecule has 1 saturated heterocycles. The molecule has 0 radical (unpaired) electrons. The van der Waals surface area contributed by atoms with Gasteiger partial charge in [-0.3, -0.25) is 9.69 Å². The first-order chi connectivity index (χ1) is 13.2. The van der Waals surface area contributed by atoms with Crippen molar-refractivity contribution in [3.63, 3.8) is 0 Å². The largest absolute Gasteiger partial charge is 0.379 e. The summed E-state index contributed by atoms with van der Waals surface area (Å²) in [6, 6.07) is 5.88. The molecule has 8 nitrogen and oxygen atoms in total. The number of aryl methyl sites for hydroxylation is 2. The lowest BCUT2D eigenvalue weighted by Gasteiger charge is -2.26. The number of ether oxygens (including phenoxy) is 1. The molecule has 0 spiro atoms. The summed E-state index contributed by atoms with van der Waals surface area (Å²) in [7, 11) is 2.04. The van der Waals surface area contributed by atoms with E-state index in [1.165, 1.54) is 0 Å². The van der Waals surface area contributed by atoms with E-state index >= 15 is 0 Å². The third kappa shape index (κ3) is 4.17. The van der Waals surface area contributed by atoms with Crippen LogP contribution in [-0.2, 0) is 29.7 Å². The number of aromatic nitrogens is 4. The van der Waals surface area contributed by atoms with E-state index in [0.717, 1.165) is 55.4 Å². The number of rotatable bonds is 6. The second kappa shape index (κ2) is 7.89. The van der Waals surface area contributed by atoms with Crippen LogP contribution in [-0.4, -0.2) is 56.2 Å². The van der Waals surface area contributed by atoms with Gasteiger partial charge in [-0.2, -0.15) is 0 Å². The molecule has 4 rings (SSSR count). The number of morpholine rings is 1. The van der Waals surface area contributed by atoms with Gasteiger partial charge in [0.25, 0.3) is 0 Å². The van der Waals surface area contributed by atoms with E-state index in [-0.39, 0.29) is 5.91 Å². The first-order valence-electron chi connectivity index (χ1n) is 9.20. The zero-order valence-electron chi connectivity index (χ0n) is 15.5. The number of fused-ring (bicyclic) bond motifs is 1. The Morgan fingerprint density at radius 3 is 2.93 bits per heavy atom. The summed E-state index contributed by atoms with van der Waals surface area (Å²) in [5, 5.41) is 2.96. The summed E-state index contributed by atoms with van der Waals surface area (Å²) in [4.78, 5) is 23.3. The minimum Gasteiger partial charge on any atom is -0.379 e. The van der Waals surface area contributed by atoms with Crippen molar-refractivity contribution in [1.29, 1.82) is 0 Å². The highest BCUT2D eigenvalue weighted by molar-refractivity contribution is 5.93. The standard InChI is InChI=1S/C19H24N6O2/c1-23-17-3-2-15(21-19(26)4-6-25-7-5-20-14-25)12-16(17)22-18(23)13-24-8-10-27-11-9-24/h2-3,5,7,12,14H,4,6,8-11,13H2,1H3,(H,21,26). The lowest BCUT2D eigenvalue weighted by Crippen LogP contribution is -2.36. The van der Waals surface area contributed by atoms with Crippen molar-refractivity contribution in [2.45, 2.75) is 19.5 Å². The highest BCUT2D eigenvalue weighted by Gasteiger charge is 2.15. The van der Waals surface area contributed by atoms with Crippen LogP contribution >= 0.6 is 0 Å². The Labute approximate surface area is 157 Å². The molecule has 142 valence electrons. The Kier molecular flexibility index (Phi) is 5.17. The molecule has 0 unspecified atom stereocenters. The maximum atomic E-state index is 12.2. The van der Waals surface area contributed by atoms with Gasteiger partial charge in [-0.25, -0.2) is 9.97 Å². The van der Waals surface area contributed by atoms with Gasteiger partial charge in [-0.05, 0) is 18.2 Å². The first kappa shape index (κ1) is 17.7. The Hall–Kier alpha value is -2.71. The van der Waals surface area contributed by atoms with Crippen LogP contribution in [0.1, 0.15) is 12.2 Å². The quantitative estimate of drug-likeness (QED) is 0.716. The van der Waals surface area contributed by atoms with Crippen molar-refractivity contribution in [2.75, 3.05) is 31.6 Å².